The Morgan fingerprint density at radius 1 is 1.30 bits per heavy atom. The Hall–Kier alpha value is -0.120. The average Bonchev–Trinajstić information content (AvgIpc) is 1.59. The smallest absolute Gasteiger partial charge is 0.0621 e. The average molecular weight is 157 g/mol. The van der Waals surface area contributed by atoms with Gasteiger partial charge in [-0.15, -0.1) is 0 Å². The summed E-state index contributed by atoms with van der Waals surface area (Å²) in [7, 11) is 1.19. The van der Waals surface area contributed by atoms with Crippen molar-refractivity contribution < 1.29 is 0 Å². The molecule has 0 heterocycles. The summed E-state index contributed by atoms with van der Waals surface area (Å²) in [5.74, 6) is 0. The Balaban J connectivity index is 3.99. The fraction of sp³-hybridized carbons (Fsp3) is 0.875. The predicted octanol–water partition coefficient (Wildman–Crippen LogP) is 3.04. The normalized spacial score (nSPS) is 11.8. The van der Waals surface area contributed by atoms with Crippen molar-refractivity contribution in [1.82, 2.24) is 0 Å². The Morgan fingerprint density at radius 3 is 2.10 bits per heavy atom. The summed E-state index contributed by atoms with van der Waals surface area (Å²) in [5.41, 5.74) is 3.71. The molecule has 0 radical (unpaired) electrons. The van der Waals surface area contributed by atoms with Gasteiger partial charge in [0, 0.05) is 11.2 Å². The Bertz CT molecular complexity index is 147. The first-order valence-electron chi connectivity index (χ1n) is 3.58. The van der Waals surface area contributed by atoms with E-state index in [1.165, 1.54) is 8.20 Å². The van der Waals surface area contributed by atoms with Crippen LogP contribution in [0.4, 0.5) is 0 Å². The van der Waals surface area contributed by atoms with Crippen LogP contribution in [0.3, 0.4) is 0 Å². The van der Waals surface area contributed by atoms with Gasteiger partial charge in [-0.2, -0.15) is 0 Å². The molecule has 0 fully saturated rings. The van der Waals surface area contributed by atoms with E-state index >= 15 is 0 Å². The topological polar surface area (TPSA) is 12.4 Å². The van der Waals surface area contributed by atoms with Gasteiger partial charge in [-0.25, -0.2) is 4.99 Å². The molecule has 0 saturated heterocycles. The van der Waals surface area contributed by atoms with Gasteiger partial charge >= 0.3 is 0 Å². The van der Waals surface area contributed by atoms with Crippen molar-refractivity contribution in [1.29, 1.82) is 0 Å². The zero-order valence-corrected chi connectivity index (χ0v) is 8.37. The molecule has 10 heavy (non-hydrogen) atoms. The molecule has 58 valence electrons. The maximum absolute atomic E-state index is 4.23. The molecule has 0 aromatic heterocycles. The first-order chi connectivity index (χ1) is 4.42. The summed E-state index contributed by atoms with van der Waals surface area (Å²) >= 11 is 0. The van der Waals surface area contributed by atoms with E-state index in [0.29, 0.717) is 5.66 Å². The standard InChI is InChI=1S/C8H16NP/c1-7(2)10-6-9-8(3,4)5/h7H,1-5H3. The minimum Gasteiger partial charge on any atom is -0.233 e. The van der Waals surface area contributed by atoms with Crippen molar-refractivity contribution in [2.45, 2.75) is 45.8 Å². The monoisotopic (exact) mass is 157 g/mol. The highest BCUT2D eigenvalue weighted by Gasteiger charge is 2.03. The van der Waals surface area contributed by atoms with E-state index in [0.717, 1.165) is 0 Å². The molecular weight excluding hydrogens is 141 g/mol. The second-order valence-electron chi connectivity index (χ2n) is 3.61. The molecule has 1 nitrogen and oxygen atoms in total. The molecule has 0 aromatic rings. The number of hydrogen-bond donors (Lipinski definition) is 0. The van der Waals surface area contributed by atoms with Crippen molar-refractivity contribution >= 4 is 13.8 Å². The molecule has 0 amide bonds. The van der Waals surface area contributed by atoms with Crippen LogP contribution in [-0.2, 0) is 0 Å². The van der Waals surface area contributed by atoms with Gasteiger partial charge in [0.2, 0.25) is 0 Å². The van der Waals surface area contributed by atoms with E-state index in [1.807, 2.05) is 0 Å². The number of rotatable bonds is 1. The van der Waals surface area contributed by atoms with E-state index < -0.39 is 0 Å². The van der Waals surface area contributed by atoms with E-state index in [2.05, 4.69) is 45.2 Å². The molecule has 0 aliphatic carbocycles. The fourth-order valence-electron chi connectivity index (χ4n) is 0.294. The first-order valence-corrected chi connectivity index (χ1v) is 4.55. The fourth-order valence-corrected chi connectivity index (χ4v) is 0.883. The quantitative estimate of drug-likeness (QED) is 0.409. The van der Waals surface area contributed by atoms with Crippen LogP contribution in [0, 0.1) is 0 Å². The molecule has 2 heteroatoms. The molecule has 0 rings (SSSR count). The van der Waals surface area contributed by atoms with Gasteiger partial charge in [-0.1, -0.05) is 13.8 Å². The second kappa shape index (κ2) is 3.91. The summed E-state index contributed by atoms with van der Waals surface area (Å²) < 4.78 is 0. The molecule has 0 saturated carbocycles. The molecule has 0 unspecified atom stereocenters. The highest BCUT2D eigenvalue weighted by atomic mass is 31.1. The van der Waals surface area contributed by atoms with Gasteiger partial charge in [-0.3, -0.25) is 0 Å². The third kappa shape index (κ3) is 7.88. The van der Waals surface area contributed by atoms with E-state index in [4.69, 9.17) is 0 Å². The van der Waals surface area contributed by atoms with Gasteiger partial charge in [0.05, 0.1) is 5.54 Å². The van der Waals surface area contributed by atoms with Gasteiger partial charge < -0.3 is 0 Å². The predicted molar refractivity (Wildman–Crippen MR) is 49.2 cm³/mol. The zero-order valence-electron chi connectivity index (χ0n) is 7.47. The largest absolute Gasteiger partial charge is 0.233 e. The Morgan fingerprint density at radius 2 is 1.80 bits per heavy atom. The van der Waals surface area contributed by atoms with Crippen LogP contribution in [-0.4, -0.2) is 16.8 Å². The van der Waals surface area contributed by atoms with Crippen LogP contribution >= 0.6 is 8.20 Å². The van der Waals surface area contributed by atoms with Crippen molar-refractivity contribution in [3.05, 3.63) is 0 Å². The molecule has 0 bridgehead atoms. The van der Waals surface area contributed by atoms with E-state index in [-0.39, 0.29) is 5.54 Å². The lowest BCUT2D eigenvalue weighted by atomic mass is 10.1. The summed E-state index contributed by atoms with van der Waals surface area (Å²) in [5, 5.41) is 0. The van der Waals surface area contributed by atoms with Gasteiger partial charge in [-0.05, 0) is 29.0 Å². The number of nitrogens with zero attached hydrogens (tertiary/aromatic N) is 1. The van der Waals surface area contributed by atoms with Crippen LogP contribution in [0.1, 0.15) is 34.6 Å². The van der Waals surface area contributed by atoms with E-state index in [9.17, 15) is 0 Å². The summed E-state index contributed by atoms with van der Waals surface area (Å²) in [6.07, 6.45) is 0. The van der Waals surface area contributed by atoms with Crippen LogP contribution in [0.15, 0.2) is 4.99 Å². The van der Waals surface area contributed by atoms with Gasteiger partial charge in [0.25, 0.3) is 0 Å². The highest BCUT2D eigenvalue weighted by molar-refractivity contribution is 7.38. The molecule has 0 N–H and O–H groups in total. The van der Waals surface area contributed by atoms with Gasteiger partial charge in [0.1, 0.15) is 0 Å². The number of aliphatic imine (C=N–C) groups is 1. The maximum Gasteiger partial charge on any atom is 0.0621 e. The molecule has 0 atom stereocenters. The summed E-state index contributed by atoms with van der Waals surface area (Å²) in [6.45, 7) is 10.6. The van der Waals surface area contributed by atoms with Crippen molar-refractivity contribution in [2.24, 2.45) is 4.99 Å². The zero-order chi connectivity index (χ0) is 8.20. The minimum absolute atomic E-state index is 0.0435. The highest BCUT2D eigenvalue weighted by Crippen LogP contribution is 2.07. The van der Waals surface area contributed by atoms with Gasteiger partial charge in [0.15, 0.2) is 0 Å². The number of hydrogen-bond acceptors (Lipinski definition) is 1. The lowest BCUT2D eigenvalue weighted by Crippen LogP contribution is -2.07. The van der Waals surface area contributed by atoms with Crippen LogP contribution in [0.2, 0.25) is 0 Å². The van der Waals surface area contributed by atoms with Crippen molar-refractivity contribution in [3.8, 4) is 0 Å². The van der Waals surface area contributed by atoms with Crippen LogP contribution < -0.4 is 0 Å². The summed E-state index contributed by atoms with van der Waals surface area (Å²) in [4.78, 5) is 4.23. The van der Waals surface area contributed by atoms with Crippen LogP contribution in [0.25, 0.3) is 0 Å². The van der Waals surface area contributed by atoms with E-state index in [1.54, 1.807) is 0 Å². The SMILES string of the molecule is CC(C)P=C=NC(C)(C)C. The van der Waals surface area contributed by atoms with Crippen LogP contribution in [0.5, 0.6) is 0 Å². The lowest BCUT2D eigenvalue weighted by Gasteiger charge is -2.07. The Kier molecular flexibility index (Phi) is 3.86. The second-order valence-corrected chi connectivity index (χ2v) is 5.10. The third-order valence-corrected chi connectivity index (χ3v) is 1.43. The molecule has 0 aliphatic rings. The third-order valence-electron chi connectivity index (χ3n) is 0.701. The minimum atomic E-state index is 0.0435. The molecular formula is C8H16NP. The van der Waals surface area contributed by atoms with Crippen molar-refractivity contribution in [3.63, 3.8) is 0 Å². The molecule has 0 aromatic carbocycles. The maximum atomic E-state index is 4.23. The molecule has 0 spiro atoms. The van der Waals surface area contributed by atoms with Crippen molar-refractivity contribution in [2.75, 3.05) is 0 Å². The summed E-state index contributed by atoms with van der Waals surface area (Å²) in [6, 6.07) is 0. The Labute approximate surface area is 65.4 Å². The first kappa shape index (κ1) is 9.88. The lowest BCUT2D eigenvalue weighted by molar-refractivity contribution is 0.588. The molecule has 0 aliphatic heterocycles.